The fourth-order valence-electron chi connectivity index (χ4n) is 0.941. The van der Waals surface area contributed by atoms with Gasteiger partial charge in [0.2, 0.25) is 5.88 Å². The van der Waals surface area contributed by atoms with E-state index in [1.165, 1.54) is 26.4 Å². The third-order valence-electron chi connectivity index (χ3n) is 1.57. The van der Waals surface area contributed by atoms with Crippen LogP contribution in [0, 0.1) is 0 Å². The molecule has 1 aromatic heterocycles. The standard InChI is InChI=1S/C9H11F2NO3/c1-13-6-3-4-8(12-9(6)14-2)15-5-7(10)11/h3-4,7H,5H2,1-2H3. The number of halogens is 2. The van der Waals surface area contributed by atoms with Crippen LogP contribution in [-0.4, -0.2) is 32.2 Å². The minimum absolute atomic E-state index is 0.0768. The first-order valence-corrected chi connectivity index (χ1v) is 4.17. The molecule has 6 heteroatoms. The molecule has 4 nitrogen and oxygen atoms in total. The molecule has 15 heavy (non-hydrogen) atoms. The molecule has 0 aliphatic carbocycles. The number of hydrogen-bond acceptors (Lipinski definition) is 4. The normalized spacial score (nSPS) is 10.2. The van der Waals surface area contributed by atoms with Crippen LogP contribution in [0.4, 0.5) is 8.78 Å². The smallest absolute Gasteiger partial charge is 0.272 e. The molecule has 1 heterocycles. The Morgan fingerprint density at radius 1 is 1.27 bits per heavy atom. The molecule has 0 amide bonds. The molecule has 0 aliphatic rings. The van der Waals surface area contributed by atoms with Crippen molar-refractivity contribution in [2.24, 2.45) is 0 Å². The SMILES string of the molecule is COc1ccc(OCC(F)F)nc1OC. The van der Waals surface area contributed by atoms with E-state index in [1.807, 2.05) is 0 Å². The van der Waals surface area contributed by atoms with E-state index in [9.17, 15) is 8.78 Å². The van der Waals surface area contributed by atoms with Gasteiger partial charge in [0.25, 0.3) is 12.3 Å². The second kappa shape index (κ2) is 5.33. The van der Waals surface area contributed by atoms with Crippen LogP contribution in [0.2, 0.25) is 0 Å². The highest BCUT2D eigenvalue weighted by atomic mass is 19.3. The summed E-state index contributed by atoms with van der Waals surface area (Å²) in [4.78, 5) is 3.83. The number of ether oxygens (including phenoxy) is 3. The van der Waals surface area contributed by atoms with Gasteiger partial charge in [0.15, 0.2) is 12.4 Å². The van der Waals surface area contributed by atoms with E-state index >= 15 is 0 Å². The lowest BCUT2D eigenvalue weighted by Gasteiger charge is -2.08. The van der Waals surface area contributed by atoms with Crippen LogP contribution in [0.15, 0.2) is 12.1 Å². The molecule has 0 atom stereocenters. The lowest BCUT2D eigenvalue weighted by atomic mass is 10.4. The first kappa shape index (κ1) is 11.5. The van der Waals surface area contributed by atoms with E-state index in [1.54, 1.807) is 0 Å². The van der Waals surface area contributed by atoms with Gasteiger partial charge in [-0.2, -0.15) is 4.98 Å². The summed E-state index contributed by atoms with van der Waals surface area (Å²) >= 11 is 0. The summed E-state index contributed by atoms with van der Waals surface area (Å²) in [6.45, 7) is -0.692. The van der Waals surface area contributed by atoms with Gasteiger partial charge in [0, 0.05) is 6.07 Å². The van der Waals surface area contributed by atoms with Gasteiger partial charge in [-0.15, -0.1) is 0 Å². The molecule has 0 N–H and O–H groups in total. The van der Waals surface area contributed by atoms with Crippen molar-refractivity contribution in [1.82, 2.24) is 4.98 Å². The molecule has 84 valence electrons. The van der Waals surface area contributed by atoms with E-state index in [-0.39, 0.29) is 11.8 Å². The summed E-state index contributed by atoms with van der Waals surface area (Å²) in [6.07, 6.45) is -2.53. The van der Waals surface area contributed by atoms with E-state index in [0.29, 0.717) is 5.75 Å². The average Bonchev–Trinajstić information content (AvgIpc) is 2.25. The van der Waals surface area contributed by atoms with Crippen LogP contribution in [-0.2, 0) is 0 Å². The van der Waals surface area contributed by atoms with Gasteiger partial charge in [-0.3, -0.25) is 0 Å². The maximum atomic E-state index is 11.8. The minimum Gasteiger partial charge on any atom is -0.491 e. The summed E-state index contributed by atoms with van der Waals surface area (Å²) in [5, 5.41) is 0. The Balaban J connectivity index is 2.74. The van der Waals surface area contributed by atoms with Crippen LogP contribution in [0.5, 0.6) is 17.5 Å². The summed E-state index contributed by atoms with van der Waals surface area (Å²) in [5.74, 6) is 0.694. The van der Waals surface area contributed by atoms with Gasteiger partial charge in [0.1, 0.15) is 0 Å². The van der Waals surface area contributed by atoms with Gasteiger partial charge in [0.05, 0.1) is 14.2 Å². The molecule has 0 saturated heterocycles. The zero-order chi connectivity index (χ0) is 11.3. The topological polar surface area (TPSA) is 40.6 Å². The number of rotatable bonds is 5. The van der Waals surface area contributed by atoms with Crippen molar-refractivity contribution in [1.29, 1.82) is 0 Å². The Labute approximate surface area is 85.8 Å². The molecule has 1 aromatic rings. The van der Waals surface area contributed by atoms with Gasteiger partial charge >= 0.3 is 0 Å². The second-order valence-corrected chi connectivity index (χ2v) is 2.56. The molecular weight excluding hydrogens is 208 g/mol. The van der Waals surface area contributed by atoms with E-state index < -0.39 is 13.0 Å². The van der Waals surface area contributed by atoms with Crippen LogP contribution in [0.1, 0.15) is 0 Å². The molecule has 0 fully saturated rings. The van der Waals surface area contributed by atoms with Crippen molar-refractivity contribution in [3.8, 4) is 17.5 Å². The quantitative estimate of drug-likeness (QED) is 0.756. The zero-order valence-electron chi connectivity index (χ0n) is 8.37. The zero-order valence-corrected chi connectivity index (χ0v) is 8.37. The highest BCUT2D eigenvalue weighted by molar-refractivity contribution is 5.36. The minimum atomic E-state index is -2.53. The third kappa shape index (κ3) is 3.23. The molecule has 0 unspecified atom stereocenters. The van der Waals surface area contributed by atoms with Gasteiger partial charge in [-0.25, -0.2) is 8.78 Å². The van der Waals surface area contributed by atoms with Crippen LogP contribution < -0.4 is 14.2 Å². The molecule has 0 bridgehead atoms. The molecule has 0 radical (unpaired) electrons. The van der Waals surface area contributed by atoms with Crippen molar-refractivity contribution in [2.45, 2.75) is 6.43 Å². The summed E-state index contributed by atoms with van der Waals surface area (Å²) in [7, 11) is 2.86. The maximum absolute atomic E-state index is 11.8. The molecule has 1 rings (SSSR count). The molecule has 0 aromatic carbocycles. The predicted octanol–water partition coefficient (Wildman–Crippen LogP) is 1.74. The lowest BCUT2D eigenvalue weighted by molar-refractivity contribution is 0.0791. The largest absolute Gasteiger partial charge is 0.491 e. The summed E-state index contributed by atoms with van der Waals surface area (Å²) < 4.78 is 38.2. The first-order chi connectivity index (χ1) is 7.17. The van der Waals surface area contributed by atoms with Crippen molar-refractivity contribution in [2.75, 3.05) is 20.8 Å². The Hall–Kier alpha value is -1.59. The summed E-state index contributed by atoms with van der Waals surface area (Å²) in [6, 6.07) is 2.97. The van der Waals surface area contributed by atoms with Crippen molar-refractivity contribution >= 4 is 0 Å². The number of nitrogens with zero attached hydrogens (tertiary/aromatic N) is 1. The predicted molar refractivity (Wildman–Crippen MR) is 48.8 cm³/mol. The lowest BCUT2D eigenvalue weighted by Crippen LogP contribution is -2.08. The highest BCUT2D eigenvalue weighted by Crippen LogP contribution is 2.26. The Kier molecular flexibility index (Phi) is 4.08. The fourth-order valence-corrected chi connectivity index (χ4v) is 0.941. The van der Waals surface area contributed by atoms with Crippen LogP contribution in [0.25, 0.3) is 0 Å². The molecule has 0 aliphatic heterocycles. The molecule has 0 saturated carbocycles. The number of alkyl halides is 2. The number of aromatic nitrogens is 1. The monoisotopic (exact) mass is 219 g/mol. The van der Waals surface area contributed by atoms with Crippen molar-refractivity contribution in [3.63, 3.8) is 0 Å². The Morgan fingerprint density at radius 2 is 2.00 bits per heavy atom. The maximum Gasteiger partial charge on any atom is 0.272 e. The number of hydrogen-bond donors (Lipinski definition) is 0. The van der Waals surface area contributed by atoms with Crippen molar-refractivity contribution < 1.29 is 23.0 Å². The van der Waals surface area contributed by atoms with E-state index in [4.69, 9.17) is 14.2 Å². The van der Waals surface area contributed by atoms with E-state index in [2.05, 4.69) is 4.98 Å². The number of methoxy groups -OCH3 is 2. The first-order valence-electron chi connectivity index (χ1n) is 4.17. The van der Waals surface area contributed by atoms with Gasteiger partial charge < -0.3 is 14.2 Å². The summed E-state index contributed by atoms with van der Waals surface area (Å²) in [5.41, 5.74) is 0. The Bertz CT molecular complexity index is 320. The van der Waals surface area contributed by atoms with Crippen molar-refractivity contribution in [3.05, 3.63) is 12.1 Å². The van der Waals surface area contributed by atoms with Crippen LogP contribution >= 0.6 is 0 Å². The molecular formula is C9H11F2NO3. The Morgan fingerprint density at radius 3 is 2.53 bits per heavy atom. The highest BCUT2D eigenvalue weighted by Gasteiger charge is 2.09. The molecule has 0 spiro atoms. The van der Waals surface area contributed by atoms with Gasteiger partial charge in [-0.05, 0) is 6.07 Å². The van der Waals surface area contributed by atoms with Gasteiger partial charge in [-0.1, -0.05) is 0 Å². The third-order valence-corrected chi connectivity index (χ3v) is 1.57. The second-order valence-electron chi connectivity index (χ2n) is 2.56. The van der Waals surface area contributed by atoms with Crippen LogP contribution in [0.3, 0.4) is 0 Å². The van der Waals surface area contributed by atoms with E-state index in [0.717, 1.165) is 0 Å². The fraction of sp³-hybridized carbons (Fsp3) is 0.444. The average molecular weight is 219 g/mol. The number of pyridine rings is 1.